The van der Waals surface area contributed by atoms with E-state index in [4.69, 9.17) is 4.74 Å². The molecule has 1 aliphatic rings. The van der Waals surface area contributed by atoms with Crippen molar-refractivity contribution in [3.05, 3.63) is 0 Å². The minimum atomic E-state index is -0.0344. The third kappa shape index (κ3) is 3.24. The molecule has 3 nitrogen and oxygen atoms in total. The first kappa shape index (κ1) is 12.0. The van der Waals surface area contributed by atoms with Crippen LogP contribution >= 0.6 is 15.9 Å². The average Bonchev–Trinajstić information content (AvgIpc) is 2.40. The fraction of sp³-hybridized carbons (Fsp3) is 0.900. The summed E-state index contributed by atoms with van der Waals surface area (Å²) in [5.74, 6) is 0.199. The summed E-state index contributed by atoms with van der Waals surface area (Å²) in [6.45, 7) is 6.34. The Morgan fingerprint density at radius 2 is 2.43 bits per heavy atom. The number of alkyl halides is 1. The Morgan fingerprint density at radius 1 is 1.71 bits per heavy atom. The van der Waals surface area contributed by atoms with Crippen LogP contribution in [-0.2, 0) is 9.53 Å². The van der Waals surface area contributed by atoms with E-state index in [2.05, 4.69) is 15.9 Å². The number of carbonyl (C=O) groups is 1. The van der Waals surface area contributed by atoms with Crippen LogP contribution in [0, 0.1) is 0 Å². The number of halogens is 1. The van der Waals surface area contributed by atoms with Gasteiger partial charge in [-0.1, -0.05) is 22.9 Å². The number of rotatable bonds is 2. The standard InChI is InChI=1S/C10H18BrNO2/c1-3-9(11)10(13)12-5-4-6-14-8(2)7-12/h8-9H,3-7H2,1-2H3. The third-order valence-electron chi connectivity index (χ3n) is 2.39. The van der Waals surface area contributed by atoms with Crippen LogP contribution in [0.4, 0.5) is 0 Å². The minimum absolute atomic E-state index is 0.0344. The molecule has 1 saturated heterocycles. The van der Waals surface area contributed by atoms with Crippen molar-refractivity contribution in [1.29, 1.82) is 0 Å². The van der Waals surface area contributed by atoms with Crippen molar-refractivity contribution in [2.45, 2.75) is 37.6 Å². The Hall–Kier alpha value is -0.0900. The van der Waals surface area contributed by atoms with Gasteiger partial charge in [-0.3, -0.25) is 4.79 Å². The normalized spacial score (nSPS) is 25.6. The maximum absolute atomic E-state index is 11.9. The quantitative estimate of drug-likeness (QED) is 0.712. The van der Waals surface area contributed by atoms with Gasteiger partial charge in [0.15, 0.2) is 0 Å². The number of nitrogens with zero attached hydrogens (tertiary/aromatic N) is 1. The predicted octanol–water partition coefficient (Wildman–Crippen LogP) is 1.80. The van der Waals surface area contributed by atoms with Crippen LogP contribution in [0.2, 0.25) is 0 Å². The highest BCUT2D eigenvalue weighted by Crippen LogP contribution is 2.12. The zero-order chi connectivity index (χ0) is 10.6. The fourth-order valence-corrected chi connectivity index (χ4v) is 1.86. The maximum Gasteiger partial charge on any atom is 0.236 e. The topological polar surface area (TPSA) is 29.5 Å². The molecule has 0 aromatic rings. The Bertz CT molecular complexity index is 199. The van der Waals surface area contributed by atoms with Crippen molar-refractivity contribution < 1.29 is 9.53 Å². The van der Waals surface area contributed by atoms with Crippen molar-refractivity contribution in [2.75, 3.05) is 19.7 Å². The lowest BCUT2D eigenvalue weighted by atomic mass is 10.2. The zero-order valence-corrected chi connectivity index (χ0v) is 10.4. The lowest BCUT2D eigenvalue weighted by molar-refractivity contribution is -0.131. The lowest BCUT2D eigenvalue weighted by Crippen LogP contribution is -2.40. The molecule has 1 fully saturated rings. The van der Waals surface area contributed by atoms with Gasteiger partial charge < -0.3 is 9.64 Å². The Kier molecular flexibility index (Phi) is 4.89. The van der Waals surface area contributed by atoms with E-state index in [1.54, 1.807) is 0 Å². The summed E-state index contributed by atoms with van der Waals surface area (Å²) in [6.07, 6.45) is 1.95. The smallest absolute Gasteiger partial charge is 0.236 e. The first-order chi connectivity index (χ1) is 6.65. The number of ether oxygens (including phenoxy) is 1. The minimum Gasteiger partial charge on any atom is -0.377 e. The first-order valence-corrected chi connectivity index (χ1v) is 6.11. The molecule has 0 N–H and O–H groups in total. The third-order valence-corrected chi connectivity index (χ3v) is 3.43. The van der Waals surface area contributed by atoms with Crippen LogP contribution in [0.5, 0.6) is 0 Å². The van der Waals surface area contributed by atoms with Gasteiger partial charge in [0.1, 0.15) is 0 Å². The molecular weight excluding hydrogens is 246 g/mol. The molecule has 1 rings (SSSR count). The second-order valence-corrected chi connectivity index (χ2v) is 4.80. The number of amides is 1. The van der Waals surface area contributed by atoms with E-state index < -0.39 is 0 Å². The van der Waals surface area contributed by atoms with Gasteiger partial charge in [0, 0.05) is 19.7 Å². The summed E-state index contributed by atoms with van der Waals surface area (Å²) in [5, 5.41) is 0. The summed E-state index contributed by atoms with van der Waals surface area (Å²) >= 11 is 3.39. The number of hydrogen-bond acceptors (Lipinski definition) is 2. The lowest BCUT2D eigenvalue weighted by Gasteiger charge is -2.24. The Balaban J connectivity index is 2.52. The van der Waals surface area contributed by atoms with Gasteiger partial charge in [0.05, 0.1) is 10.9 Å². The molecule has 82 valence electrons. The molecule has 2 atom stereocenters. The van der Waals surface area contributed by atoms with Crippen LogP contribution in [-0.4, -0.2) is 41.4 Å². The van der Waals surface area contributed by atoms with E-state index in [9.17, 15) is 4.79 Å². The predicted molar refractivity (Wildman–Crippen MR) is 59.6 cm³/mol. The molecule has 0 bridgehead atoms. The van der Waals surface area contributed by atoms with Crippen LogP contribution in [0.3, 0.4) is 0 Å². The van der Waals surface area contributed by atoms with Crippen molar-refractivity contribution in [3.8, 4) is 0 Å². The van der Waals surface area contributed by atoms with Gasteiger partial charge in [-0.05, 0) is 19.8 Å². The summed E-state index contributed by atoms with van der Waals surface area (Å²) in [7, 11) is 0. The molecule has 0 spiro atoms. The van der Waals surface area contributed by atoms with Crippen LogP contribution in [0.15, 0.2) is 0 Å². The van der Waals surface area contributed by atoms with Crippen molar-refractivity contribution in [3.63, 3.8) is 0 Å². The van der Waals surface area contributed by atoms with Gasteiger partial charge >= 0.3 is 0 Å². The molecule has 0 aliphatic carbocycles. The van der Waals surface area contributed by atoms with Crippen LogP contribution < -0.4 is 0 Å². The van der Waals surface area contributed by atoms with Crippen LogP contribution in [0.1, 0.15) is 26.7 Å². The summed E-state index contributed by atoms with van der Waals surface area (Å²) in [4.78, 5) is 13.7. The van der Waals surface area contributed by atoms with E-state index >= 15 is 0 Å². The summed E-state index contributed by atoms with van der Waals surface area (Å²) < 4.78 is 5.49. The highest BCUT2D eigenvalue weighted by Gasteiger charge is 2.23. The van der Waals surface area contributed by atoms with Crippen molar-refractivity contribution in [1.82, 2.24) is 4.90 Å². The largest absolute Gasteiger partial charge is 0.377 e. The Morgan fingerprint density at radius 3 is 3.07 bits per heavy atom. The fourth-order valence-electron chi connectivity index (χ4n) is 1.57. The highest BCUT2D eigenvalue weighted by molar-refractivity contribution is 9.10. The monoisotopic (exact) mass is 263 g/mol. The maximum atomic E-state index is 11.9. The van der Waals surface area contributed by atoms with E-state index in [1.807, 2.05) is 18.7 Å². The Labute approximate surface area is 93.9 Å². The van der Waals surface area contributed by atoms with Gasteiger partial charge in [0.25, 0.3) is 0 Å². The molecule has 1 amide bonds. The molecule has 0 radical (unpaired) electrons. The van der Waals surface area contributed by atoms with E-state index in [-0.39, 0.29) is 16.8 Å². The van der Waals surface area contributed by atoms with Gasteiger partial charge in [0.2, 0.25) is 5.91 Å². The molecule has 1 aliphatic heterocycles. The van der Waals surface area contributed by atoms with Gasteiger partial charge in [-0.15, -0.1) is 0 Å². The second-order valence-electron chi connectivity index (χ2n) is 3.69. The van der Waals surface area contributed by atoms with E-state index in [0.717, 1.165) is 32.5 Å². The van der Waals surface area contributed by atoms with E-state index in [0.29, 0.717) is 0 Å². The zero-order valence-electron chi connectivity index (χ0n) is 8.83. The van der Waals surface area contributed by atoms with Crippen molar-refractivity contribution >= 4 is 21.8 Å². The molecule has 0 aromatic heterocycles. The van der Waals surface area contributed by atoms with Crippen LogP contribution in [0.25, 0.3) is 0 Å². The number of carbonyl (C=O) groups excluding carboxylic acids is 1. The average molecular weight is 264 g/mol. The molecule has 0 saturated carbocycles. The first-order valence-electron chi connectivity index (χ1n) is 5.19. The molecule has 2 unspecified atom stereocenters. The molecule has 0 aromatic carbocycles. The molecule has 4 heteroatoms. The number of hydrogen-bond donors (Lipinski definition) is 0. The second kappa shape index (κ2) is 5.71. The highest BCUT2D eigenvalue weighted by atomic mass is 79.9. The summed E-state index contributed by atoms with van der Waals surface area (Å²) in [5.41, 5.74) is 0. The SMILES string of the molecule is CCC(Br)C(=O)N1CCCOC(C)C1. The molecule has 14 heavy (non-hydrogen) atoms. The molecule has 1 heterocycles. The van der Waals surface area contributed by atoms with Gasteiger partial charge in [-0.25, -0.2) is 0 Å². The molecular formula is C10H18BrNO2. The van der Waals surface area contributed by atoms with Gasteiger partial charge in [-0.2, -0.15) is 0 Å². The van der Waals surface area contributed by atoms with Crippen molar-refractivity contribution in [2.24, 2.45) is 0 Å². The summed E-state index contributed by atoms with van der Waals surface area (Å²) in [6, 6.07) is 0. The van der Waals surface area contributed by atoms with E-state index in [1.165, 1.54) is 0 Å².